The van der Waals surface area contributed by atoms with Crippen molar-refractivity contribution in [3.8, 4) is 5.75 Å². The maximum Gasteiger partial charge on any atom is 0.271 e. The monoisotopic (exact) mass is 207 g/mol. The van der Waals surface area contributed by atoms with Crippen molar-refractivity contribution >= 4 is 29.0 Å². The fraction of sp³-hybridized carbons (Fsp3) is 0.333. The van der Waals surface area contributed by atoms with Gasteiger partial charge in [-0.25, -0.2) is 0 Å². The molecular weight excluding hydrogens is 198 g/mol. The van der Waals surface area contributed by atoms with Crippen LogP contribution >= 0.6 is 23.3 Å². The first kappa shape index (κ1) is 11.4. The summed E-state index contributed by atoms with van der Waals surface area (Å²) in [6.45, 7) is 2.07. The van der Waals surface area contributed by atoms with Crippen molar-refractivity contribution in [3.63, 3.8) is 0 Å². The third-order valence-electron chi connectivity index (χ3n) is 1.19. The molecule has 2 N–H and O–H groups in total. The first-order chi connectivity index (χ1) is 5.68. The molecule has 0 spiro atoms. The molecule has 0 heterocycles. The van der Waals surface area contributed by atoms with Gasteiger partial charge in [0.1, 0.15) is 5.69 Å². The highest BCUT2D eigenvalue weighted by Crippen LogP contribution is 2.11. The average molecular weight is 207 g/mol. The van der Waals surface area contributed by atoms with E-state index in [1.807, 2.05) is 0 Å². The van der Waals surface area contributed by atoms with E-state index in [-0.39, 0.29) is 11.4 Å². The van der Waals surface area contributed by atoms with E-state index in [1.54, 1.807) is 6.92 Å². The minimum Gasteiger partial charge on any atom is -0.488 e. The summed E-state index contributed by atoms with van der Waals surface area (Å²) in [6.07, 6.45) is 0. The van der Waals surface area contributed by atoms with Gasteiger partial charge in [-0.3, -0.25) is 9.59 Å². The van der Waals surface area contributed by atoms with Crippen LogP contribution in [0.25, 0.3) is 0 Å². The second-order valence-electron chi connectivity index (χ2n) is 1.83. The second-order valence-corrected chi connectivity index (χ2v) is 1.83. The van der Waals surface area contributed by atoms with Crippen molar-refractivity contribution in [2.75, 3.05) is 12.3 Å². The largest absolute Gasteiger partial charge is 0.488 e. The van der Waals surface area contributed by atoms with Crippen molar-refractivity contribution in [2.24, 2.45) is 0 Å². The standard InChI is InChI=1S/C6H7NO3.H2S2/c1-2-10-6-3(7)4(8)5(6)9;1-2/h2,7H2,1H3;1-2H. The summed E-state index contributed by atoms with van der Waals surface area (Å²) >= 11 is 6.44. The van der Waals surface area contributed by atoms with Crippen LogP contribution in [0.3, 0.4) is 0 Å². The van der Waals surface area contributed by atoms with E-state index in [2.05, 4.69) is 23.3 Å². The van der Waals surface area contributed by atoms with Crippen LogP contribution in [0, 0.1) is 0 Å². The molecule has 6 heteroatoms. The van der Waals surface area contributed by atoms with E-state index >= 15 is 0 Å². The van der Waals surface area contributed by atoms with Gasteiger partial charge in [0.05, 0.1) is 6.61 Å². The lowest BCUT2D eigenvalue weighted by molar-refractivity contribution is 0.335. The third kappa shape index (κ3) is 1.95. The van der Waals surface area contributed by atoms with Crippen molar-refractivity contribution in [3.05, 3.63) is 20.4 Å². The van der Waals surface area contributed by atoms with Gasteiger partial charge < -0.3 is 10.5 Å². The number of ether oxygens (including phenoxy) is 1. The van der Waals surface area contributed by atoms with Crippen LogP contribution < -0.4 is 21.3 Å². The minimum atomic E-state index is -0.636. The summed E-state index contributed by atoms with van der Waals surface area (Å²) in [5, 5.41) is 0. The maximum atomic E-state index is 10.5. The van der Waals surface area contributed by atoms with E-state index in [9.17, 15) is 9.59 Å². The summed E-state index contributed by atoms with van der Waals surface area (Å²) in [6, 6.07) is 0. The van der Waals surface area contributed by atoms with E-state index in [0.717, 1.165) is 0 Å². The Balaban J connectivity index is 0.000000561. The number of thiol groups is 2. The zero-order chi connectivity index (χ0) is 9.72. The summed E-state index contributed by atoms with van der Waals surface area (Å²) in [5.74, 6) is 0.0208. The highest BCUT2D eigenvalue weighted by Gasteiger charge is 2.18. The Morgan fingerprint density at radius 3 is 2.17 bits per heavy atom. The van der Waals surface area contributed by atoms with Gasteiger partial charge in [-0.2, -0.15) is 0 Å². The number of nitrogens with two attached hydrogens (primary N) is 1. The van der Waals surface area contributed by atoms with Crippen molar-refractivity contribution in [1.29, 1.82) is 0 Å². The van der Waals surface area contributed by atoms with Gasteiger partial charge >= 0.3 is 0 Å². The molecule has 0 aromatic heterocycles. The van der Waals surface area contributed by atoms with E-state index in [0.29, 0.717) is 6.61 Å². The van der Waals surface area contributed by atoms with Crippen LogP contribution in [0.4, 0.5) is 5.69 Å². The molecule has 0 aliphatic carbocycles. The molecule has 0 radical (unpaired) electrons. The summed E-state index contributed by atoms with van der Waals surface area (Å²) in [7, 11) is 0. The zero-order valence-electron chi connectivity index (χ0n) is 6.40. The Morgan fingerprint density at radius 2 is 1.83 bits per heavy atom. The molecule has 0 aliphatic rings. The Bertz CT molecular complexity index is 316. The van der Waals surface area contributed by atoms with Crippen LogP contribution in [0.5, 0.6) is 5.75 Å². The molecule has 68 valence electrons. The summed E-state index contributed by atoms with van der Waals surface area (Å²) in [5.41, 5.74) is 3.83. The van der Waals surface area contributed by atoms with Crippen LogP contribution in [-0.4, -0.2) is 6.61 Å². The summed E-state index contributed by atoms with van der Waals surface area (Å²) in [4.78, 5) is 21.0. The quantitative estimate of drug-likeness (QED) is 0.363. The SMILES string of the molecule is CCOc1c(N)c(=O)c1=O.SS. The van der Waals surface area contributed by atoms with E-state index in [4.69, 9.17) is 10.5 Å². The van der Waals surface area contributed by atoms with Gasteiger partial charge in [0, 0.05) is 0 Å². The molecule has 0 saturated carbocycles. The highest BCUT2D eigenvalue weighted by atomic mass is 33.1. The summed E-state index contributed by atoms with van der Waals surface area (Å²) < 4.78 is 4.76. The molecule has 0 atom stereocenters. The molecule has 0 saturated heterocycles. The van der Waals surface area contributed by atoms with Crippen LogP contribution in [0.2, 0.25) is 0 Å². The van der Waals surface area contributed by atoms with Gasteiger partial charge in [-0.15, -0.1) is 23.3 Å². The molecule has 0 bridgehead atoms. The fourth-order valence-corrected chi connectivity index (χ4v) is 0.676. The molecule has 12 heavy (non-hydrogen) atoms. The Labute approximate surface area is 79.6 Å². The van der Waals surface area contributed by atoms with Crippen LogP contribution in [-0.2, 0) is 0 Å². The lowest BCUT2D eigenvalue weighted by Crippen LogP contribution is -2.35. The minimum absolute atomic E-state index is 0.0208. The number of rotatable bonds is 2. The number of hydrogen-bond donors (Lipinski definition) is 3. The highest BCUT2D eigenvalue weighted by molar-refractivity contribution is 8.59. The molecule has 1 rings (SSSR count). The normalized spacial score (nSPS) is 8.92. The molecule has 0 fully saturated rings. The lowest BCUT2D eigenvalue weighted by Gasteiger charge is -2.05. The lowest BCUT2D eigenvalue weighted by atomic mass is 10.2. The Kier molecular flexibility index (Phi) is 4.84. The first-order valence-electron chi connectivity index (χ1n) is 3.10. The number of hydrogen-bond acceptors (Lipinski definition) is 6. The fourth-order valence-electron chi connectivity index (χ4n) is 0.676. The Hall–Kier alpha value is -0.620. The predicted molar refractivity (Wildman–Crippen MR) is 54.9 cm³/mol. The molecule has 4 nitrogen and oxygen atoms in total. The van der Waals surface area contributed by atoms with E-state index in [1.165, 1.54) is 0 Å². The van der Waals surface area contributed by atoms with Crippen molar-refractivity contribution in [2.45, 2.75) is 6.92 Å². The van der Waals surface area contributed by atoms with Crippen LogP contribution in [0.15, 0.2) is 9.59 Å². The van der Waals surface area contributed by atoms with Gasteiger partial charge in [-0.05, 0) is 6.92 Å². The molecular formula is C6H9NO3S2. The maximum absolute atomic E-state index is 10.5. The molecule has 1 aromatic carbocycles. The topological polar surface area (TPSA) is 69.4 Å². The molecule has 1 aromatic rings. The van der Waals surface area contributed by atoms with Crippen molar-refractivity contribution < 1.29 is 4.74 Å². The third-order valence-corrected chi connectivity index (χ3v) is 1.19. The number of nitrogen functional groups attached to an aromatic ring is 1. The molecule has 0 unspecified atom stereocenters. The second kappa shape index (κ2) is 5.10. The number of anilines is 1. The van der Waals surface area contributed by atoms with E-state index < -0.39 is 10.9 Å². The molecule has 0 amide bonds. The van der Waals surface area contributed by atoms with Gasteiger partial charge in [0.2, 0.25) is 0 Å². The van der Waals surface area contributed by atoms with Crippen molar-refractivity contribution in [1.82, 2.24) is 0 Å². The Morgan fingerprint density at radius 1 is 1.33 bits per heavy atom. The zero-order valence-corrected chi connectivity index (χ0v) is 8.19. The van der Waals surface area contributed by atoms with Crippen LogP contribution in [0.1, 0.15) is 6.92 Å². The first-order valence-corrected chi connectivity index (χ1v) is 4.70. The van der Waals surface area contributed by atoms with Gasteiger partial charge in [-0.1, -0.05) is 0 Å². The molecule has 0 aliphatic heterocycles. The smallest absolute Gasteiger partial charge is 0.271 e. The predicted octanol–water partition coefficient (Wildman–Crippen LogP) is 0.0245. The van der Waals surface area contributed by atoms with Gasteiger partial charge in [0.25, 0.3) is 10.9 Å². The van der Waals surface area contributed by atoms with Gasteiger partial charge in [0.15, 0.2) is 5.75 Å². The average Bonchev–Trinajstić information content (AvgIpc) is 2.15.